The van der Waals surface area contributed by atoms with E-state index in [0.717, 1.165) is 16.7 Å². The first-order chi connectivity index (χ1) is 20.8. The summed E-state index contributed by atoms with van der Waals surface area (Å²) in [5, 5.41) is 3.96. The molecule has 0 spiro atoms. The van der Waals surface area contributed by atoms with Crippen LogP contribution in [0.2, 0.25) is 5.02 Å². The first-order valence-electron chi connectivity index (χ1n) is 15.0. The lowest BCUT2D eigenvalue weighted by Gasteiger charge is -2.28. The monoisotopic (exact) mass is 610 g/mol. The largest absolute Gasteiger partial charge is 0.457 e. The molecule has 6 heteroatoms. The third kappa shape index (κ3) is 9.28. The molecule has 0 saturated carbocycles. The molecule has 0 aliphatic rings. The molecule has 1 N–H and O–H groups in total. The van der Waals surface area contributed by atoms with Crippen molar-refractivity contribution in [3.05, 3.63) is 135 Å². The molecule has 4 rings (SSSR count). The van der Waals surface area contributed by atoms with Crippen molar-refractivity contribution in [1.82, 2.24) is 5.32 Å². The van der Waals surface area contributed by atoms with E-state index in [1.165, 1.54) is 11.1 Å². The highest BCUT2D eigenvalue weighted by Gasteiger charge is 2.23. The summed E-state index contributed by atoms with van der Waals surface area (Å²) in [6, 6.07) is 30.9. The standard InChI is InChI=1S/C38H43ClN2O3/c1-37(2,3)31-20-29(21-32(22-31)38(4,5)6)25-41(35(42)24-40-23-27-12-16-33(39)17-13-27)34-18-14-30(15-19-34)36(43)44-26-28-10-8-7-9-11-28/h7-22,40H,23-26H2,1-6H3. The number of carbonyl (C=O) groups is 2. The molecule has 0 fully saturated rings. The zero-order chi connectivity index (χ0) is 31.9. The predicted octanol–water partition coefficient (Wildman–Crippen LogP) is 8.62. The van der Waals surface area contributed by atoms with E-state index < -0.39 is 5.97 Å². The Hall–Kier alpha value is -3.93. The Morgan fingerprint density at radius 2 is 1.32 bits per heavy atom. The number of ether oxygens (including phenoxy) is 1. The normalized spacial score (nSPS) is 11.7. The van der Waals surface area contributed by atoms with Crippen LogP contribution in [-0.4, -0.2) is 18.4 Å². The van der Waals surface area contributed by atoms with E-state index in [2.05, 4.69) is 65.1 Å². The van der Waals surface area contributed by atoms with Crippen LogP contribution in [0, 0.1) is 0 Å². The predicted molar refractivity (Wildman–Crippen MR) is 180 cm³/mol. The summed E-state index contributed by atoms with van der Waals surface area (Å²) >= 11 is 6.03. The lowest BCUT2D eigenvalue weighted by molar-refractivity contribution is -0.118. The maximum atomic E-state index is 13.8. The van der Waals surface area contributed by atoms with Gasteiger partial charge in [0.1, 0.15) is 6.61 Å². The summed E-state index contributed by atoms with van der Waals surface area (Å²) < 4.78 is 5.51. The Morgan fingerprint density at radius 1 is 0.727 bits per heavy atom. The van der Waals surface area contributed by atoms with Gasteiger partial charge in [-0.3, -0.25) is 4.79 Å². The Balaban J connectivity index is 1.58. The van der Waals surface area contributed by atoms with Crippen molar-refractivity contribution >= 4 is 29.2 Å². The van der Waals surface area contributed by atoms with E-state index in [-0.39, 0.29) is 29.9 Å². The van der Waals surface area contributed by atoms with Crippen molar-refractivity contribution in [2.24, 2.45) is 0 Å². The molecule has 0 heterocycles. The molecule has 0 bridgehead atoms. The lowest BCUT2D eigenvalue weighted by Crippen LogP contribution is -2.38. The minimum Gasteiger partial charge on any atom is -0.457 e. The molecule has 0 saturated heterocycles. The number of nitrogens with zero attached hydrogens (tertiary/aromatic N) is 1. The van der Waals surface area contributed by atoms with Gasteiger partial charge in [-0.25, -0.2) is 4.79 Å². The van der Waals surface area contributed by atoms with Crippen molar-refractivity contribution in [2.45, 2.75) is 72.1 Å². The Morgan fingerprint density at radius 3 is 1.89 bits per heavy atom. The maximum Gasteiger partial charge on any atom is 0.338 e. The highest BCUT2D eigenvalue weighted by Crippen LogP contribution is 2.31. The van der Waals surface area contributed by atoms with Gasteiger partial charge in [0.05, 0.1) is 18.7 Å². The Labute approximate surface area is 267 Å². The number of anilines is 1. The minimum absolute atomic E-state index is 0.0489. The minimum atomic E-state index is -0.407. The number of carbonyl (C=O) groups excluding carboxylic acids is 2. The number of benzene rings is 4. The highest BCUT2D eigenvalue weighted by atomic mass is 35.5. The molecule has 1 amide bonds. The quantitative estimate of drug-likeness (QED) is 0.183. The van der Waals surface area contributed by atoms with Crippen LogP contribution in [-0.2, 0) is 40.1 Å². The van der Waals surface area contributed by atoms with E-state index in [9.17, 15) is 9.59 Å². The van der Waals surface area contributed by atoms with Gasteiger partial charge < -0.3 is 15.0 Å². The first-order valence-corrected chi connectivity index (χ1v) is 15.4. The van der Waals surface area contributed by atoms with E-state index >= 15 is 0 Å². The van der Waals surface area contributed by atoms with Gasteiger partial charge >= 0.3 is 5.97 Å². The van der Waals surface area contributed by atoms with Crippen LogP contribution in [0.4, 0.5) is 5.69 Å². The van der Waals surface area contributed by atoms with E-state index in [1.807, 2.05) is 66.7 Å². The Kier molecular flexibility index (Phi) is 10.7. The Bertz CT molecular complexity index is 1520. The van der Waals surface area contributed by atoms with Gasteiger partial charge in [0, 0.05) is 17.3 Å². The fourth-order valence-electron chi connectivity index (χ4n) is 4.75. The molecular formula is C38H43ClN2O3. The van der Waals surface area contributed by atoms with Crippen molar-refractivity contribution in [2.75, 3.05) is 11.4 Å². The van der Waals surface area contributed by atoms with E-state index in [4.69, 9.17) is 16.3 Å². The summed E-state index contributed by atoms with van der Waals surface area (Å²) in [5.74, 6) is -0.479. The van der Waals surface area contributed by atoms with Crippen LogP contribution in [0.15, 0.2) is 97.1 Å². The molecular weight excluding hydrogens is 568 g/mol. The molecule has 4 aromatic rings. The number of hydrogen-bond acceptors (Lipinski definition) is 4. The van der Waals surface area contributed by atoms with Gasteiger partial charge in [-0.2, -0.15) is 0 Å². The lowest BCUT2D eigenvalue weighted by atomic mass is 9.79. The third-order valence-electron chi connectivity index (χ3n) is 7.51. The number of rotatable bonds is 10. The maximum absolute atomic E-state index is 13.8. The second kappa shape index (κ2) is 14.2. The number of hydrogen-bond donors (Lipinski definition) is 1. The van der Waals surface area contributed by atoms with Gasteiger partial charge in [-0.15, -0.1) is 0 Å². The summed E-state index contributed by atoms with van der Waals surface area (Å²) in [6.07, 6.45) is 0. The molecule has 0 unspecified atom stereocenters. The highest BCUT2D eigenvalue weighted by molar-refractivity contribution is 6.30. The summed E-state index contributed by atoms with van der Waals surface area (Å²) in [4.78, 5) is 28.3. The summed E-state index contributed by atoms with van der Waals surface area (Å²) in [5.41, 5.74) is 6.52. The number of amides is 1. The second-order valence-corrected chi connectivity index (χ2v) is 13.7. The SMILES string of the molecule is CC(C)(C)c1cc(CN(C(=O)CNCc2ccc(Cl)cc2)c2ccc(C(=O)OCc3ccccc3)cc2)cc(C(C)(C)C)c1. The average Bonchev–Trinajstić information content (AvgIpc) is 2.99. The summed E-state index contributed by atoms with van der Waals surface area (Å²) in [6.45, 7) is 14.5. The van der Waals surface area contributed by atoms with Gasteiger partial charge in [0.25, 0.3) is 0 Å². The molecule has 0 radical (unpaired) electrons. The van der Waals surface area contributed by atoms with Crippen LogP contribution in [0.5, 0.6) is 0 Å². The molecule has 0 aliphatic heterocycles. The van der Waals surface area contributed by atoms with Crippen LogP contribution in [0.3, 0.4) is 0 Å². The van der Waals surface area contributed by atoms with Crippen LogP contribution in [0.1, 0.15) is 79.7 Å². The molecule has 230 valence electrons. The van der Waals surface area contributed by atoms with Crippen LogP contribution in [0.25, 0.3) is 0 Å². The summed E-state index contributed by atoms with van der Waals surface area (Å²) in [7, 11) is 0. The zero-order valence-corrected chi connectivity index (χ0v) is 27.4. The topological polar surface area (TPSA) is 58.6 Å². The molecule has 0 aromatic heterocycles. The van der Waals surface area contributed by atoms with E-state index in [1.54, 1.807) is 17.0 Å². The van der Waals surface area contributed by atoms with Crippen LogP contribution >= 0.6 is 11.6 Å². The molecule has 0 atom stereocenters. The van der Waals surface area contributed by atoms with Crippen LogP contribution < -0.4 is 10.2 Å². The zero-order valence-electron chi connectivity index (χ0n) is 26.6. The van der Waals surface area contributed by atoms with Crippen molar-refractivity contribution in [3.63, 3.8) is 0 Å². The van der Waals surface area contributed by atoms with Gasteiger partial charge in [0.15, 0.2) is 0 Å². The molecule has 44 heavy (non-hydrogen) atoms. The van der Waals surface area contributed by atoms with Gasteiger partial charge in [0.2, 0.25) is 5.91 Å². The molecule has 0 aliphatic carbocycles. The number of halogens is 1. The van der Waals surface area contributed by atoms with Gasteiger partial charge in [-0.05, 0) is 75.0 Å². The fourth-order valence-corrected chi connectivity index (χ4v) is 4.88. The third-order valence-corrected chi connectivity index (χ3v) is 7.76. The fraction of sp³-hybridized carbons (Fsp3) is 0.316. The van der Waals surface area contributed by atoms with Crippen molar-refractivity contribution in [3.8, 4) is 0 Å². The van der Waals surface area contributed by atoms with Crippen molar-refractivity contribution in [1.29, 1.82) is 0 Å². The molecule has 5 nitrogen and oxygen atoms in total. The number of nitrogens with one attached hydrogen (secondary N) is 1. The second-order valence-electron chi connectivity index (χ2n) is 13.2. The van der Waals surface area contributed by atoms with Crippen molar-refractivity contribution < 1.29 is 14.3 Å². The average molecular weight is 611 g/mol. The molecule has 4 aromatic carbocycles. The number of esters is 1. The van der Waals surface area contributed by atoms with E-state index in [0.29, 0.717) is 29.4 Å². The smallest absolute Gasteiger partial charge is 0.338 e. The first kappa shape index (κ1) is 33.0. The van der Waals surface area contributed by atoms with Gasteiger partial charge in [-0.1, -0.05) is 114 Å².